The second-order valence-corrected chi connectivity index (χ2v) is 9.00. The molecule has 3 rings (SSSR count). The van der Waals surface area contributed by atoms with E-state index in [1.54, 1.807) is 20.3 Å². The van der Waals surface area contributed by atoms with Crippen molar-refractivity contribution in [1.29, 1.82) is 0 Å². The van der Waals surface area contributed by atoms with Crippen LogP contribution in [-0.4, -0.2) is 38.9 Å². The minimum atomic E-state index is -0.299. The van der Waals surface area contributed by atoms with Gasteiger partial charge in [0.05, 0.1) is 20.3 Å². The van der Waals surface area contributed by atoms with E-state index in [9.17, 15) is 4.79 Å². The molecule has 5 heteroatoms. The lowest BCUT2D eigenvalue weighted by Gasteiger charge is -2.22. The maximum Gasteiger partial charge on any atom is 0.342 e. The van der Waals surface area contributed by atoms with Gasteiger partial charge in [0.25, 0.3) is 0 Å². The molecule has 1 N–H and O–H groups in total. The highest BCUT2D eigenvalue weighted by atomic mass is 16.5. The quantitative estimate of drug-likeness (QED) is 0.566. The minimum Gasteiger partial charge on any atom is -0.497 e. The normalized spacial score (nSPS) is 20.3. The predicted molar refractivity (Wildman–Crippen MR) is 132 cm³/mol. The molecular formula is C28H39NO4. The van der Waals surface area contributed by atoms with Crippen LogP contribution in [0.2, 0.25) is 0 Å². The second-order valence-electron chi connectivity index (χ2n) is 9.00. The lowest BCUT2D eigenvalue weighted by atomic mass is 9.96. The maximum absolute atomic E-state index is 13.1. The van der Waals surface area contributed by atoms with Gasteiger partial charge in [-0.1, -0.05) is 43.2 Å². The molecule has 33 heavy (non-hydrogen) atoms. The number of cyclic esters (lactones) is 1. The number of esters is 1. The summed E-state index contributed by atoms with van der Waals surface area (Å²) in [6.07, 6.45) is 9.21. The largest absolute Gasteiger partial charge is 0.497 e. The monoisotopic (exact) mass is 453 g/mol. The third kappa shape index (κ3) is 7.78. The summed E-state index contributed by atoms with van der Waals surface area (Å²) in [6, 6.07) is 14.9. The molecule has 0 radical (unpaired) electrons. The average molecular weight is 454 g/mol. The van der Waals surface area contributed by atoms with Gasteiger partial charge in [-0.15, -0.1) is 0 Å². The molecule has 2 aromatic rings. The number of carbonyl (C=O) groups excluding carboxylic acids is 1. The third-order valence-electron chi connectivity index (χ3n) is 6.48. The lowest BCUT2D eigenvalue weighted by Crippen LogP contribution is -2.31. The van der Waals surface area contributed by atoms with Crippen molar-refractivity contribution in [3.63, 3.8) is 0 Å². The van der Waals surface area contributed by atoms with Crippen molar-refractivity contribution in [3.05, 3.63) is 59.2 Å². The highest BCUT2D eigenvalue weighted by Gasteiger charge is 2.23. The third-order valence-corrected chi connectivity index (χ3v) is 6.48. The van der Waals surface area contributed by atoms with Crippen molar-refractivity contribution >= 4 is 5.97 Å². The number of carbonyl (C=O) groups is 1. The van der Waals surface area contributed by atoms with Gasteiger partial charge in [0.1, 0.15) is 17.1 Å². The van der Waals surface area contributed by atoms with Gasteiger partial charge < -0.3 is 19.5 Å². The highest BCUT2D eigenvalue weighted by molar-refractivity contribution is 5.94. The molecule has 0 aliphatic carbocycles. The van der Waals surface area contributed by atoms with Gasteiger partial charge in [-0.05, 0) is 75.6 Å². The first-order valence-corrected chi connectivity index (χ1v) is 12.3. The van der Waals surface area contributed by atoms with Gasteiger partial charge in [0.2, 0.25) is 0 Å². The summed E-state index contributed by atoms with van der Waals surface area (Å²) in [5.41, 5.74) is 2.86. The van der Waals surface area contributed by atoms with Crippen molar-refractivity contribution in [2.75, 3.05) is 20.8 Å². The zero-order valence-electron chi connectivity index (χ0n) is 20.4. The smallest absolute Gasteiger partial charge is 0.342 e. The Bertz CT molecular complexity index is 868. The molecule has 0 spiro atoms. The Balaban J connectivity index is 1.64. The first-order valence-electron chi connectivity index (χ1n) is 12.3. The van der Waals surface area contributed by atoms with Crippen molar-refractivity contribution in [3.8, 4) is 11.5 Å². The fourth-order valence-electron chi connectivity index (χ4n) is 4.60. The predicted octanol–water partition coefficient (Wildman–Crippen LogP) is 5.74. The van der Waals surface area contributed by atoms with Gasteiger partial charge >= 0.3 is 5.97 Å². The number of hydrogen-bond acceptors (Lipinski definition) is 5. The van der Waals surface area contributed by atoms with Crippen LogP contribution in [0.3, 0.4) is 0 Å². The zero-order chi connectivity index (χ0) is 23.5. The number of ether oxygens (including phenoxy) is 3. The van der Waals surface area contributed by atoms with E-state index in [0.717, 1.165) is 57.1 Å². The van der Waals surface area contributed by atoms with Crippen LogP contribution in [-0.2, 0) is 17.6 Å². The number of aryl methyl sites for hydroxylation is 1. The fourth-order valence-corrected chi connectivity index (χ4v) is 4.60. The molecule has 2 unspecified atom stereocenters. The molecular weight excluding hydrogens is 414 g/mol. The summed E-state index contributed by atoms with van der Waals surface area (Å²) >= 11 is 0. The molecule has 5 nitrogen and oxygen atoms in total. The molecule has 1 heterocycles. The Morgan fingerprint density at radius 3 is 2.52 bits per heavy atom. The summed E-state index contributed by atoms with van der Waals surface area (Å²) in [4.78, 5) is 13.1. The van der Waals surface area contributed by atoms with E-state index in [1.807, 2.05) is 13.0 Å². The lowest BCUT2D eigenvalue weighted by molar-refractivity contribution is 0.0313. The van der Waals surface area contributed by atoms with Crippen LogP contribution in [0.4, 0.5) is 0 Å². The fraction of sp³-hybridized carbons (Fsp3) is 0.536. The summed E-state index contributed by atoms with van der Waals surface area (Å²) in [7, 11) is 3.22. The number of benzene rings is 2. The molecule has 0 amide bonds. The zero-order valence-corrected chi connectivity index (χ0v) is 20.4. The summed E-state index contributed by atoms with van der Waals surface area (Å²) in [5, 5.41) is 3.78. The Morgan fingerprint density at radius 2 is 1.76 bits per heavy atom. The average Bonchev–Trinajstić information content (AvgIpc) is 2.82. The summed E-state index contributed by atoms with van der Waals surface area (Å²) in [6.45, 7) is 2.98. The number of hydrogen-bond donors (Lipinski definition) is 1. The molecule has 180 valence electrons. The molecule has 2 aromatic carbocycles. The molecule has 1 aliphatic rings. The Morgan fingerprint density at radius 1 is 0.970 bits per heavy atom. The number of rotatable bonds is 6. The van der Waals surface area contributed by atoms with Crippen LogP contribution in [0.25, 0.3) is 0 Å². The Kier molecular flexibility index (Phi) is 10.1. The van der Waals surface area contributed by atoms with Crippen molar-refractivity contribution in [1.82, 2.24) is 5.32 Å². The van der Waals surface area contributed by atoms with Crippen molar-refractivity contribution in [2.24, 2.45) is 0 Å². The molecule has 0 saturated carbocycles. The first kappa shape index (κ1) is 25.1. The van der Waals surface area contributed by atoms with E-state index in [2.05, 4.69) is 35.6 Å². The molecule has 0 fully saturated rings. The van der Waals surface area contributed by atoms with E-state index in [-0.39, 0.29) is 12.1 Å². The molecule has 0 saturated heterocycles. The van der Waals surface area contributed by atoms with Crippen LogP contribution in [0.5, 0.6) is 11.5 Å². The van der Waals surface area contributed by atoms with Crippen molar-refractivity contribution < 1.29 is 19.0 Å². The van der Waals surface area contributed by atoms with Crippen LogP contribution in [0.1, 0.15) is 73.4 Å². The SMILES string of the molecule is COc1cc2c(c(OC)c1)C(=O)OC(C)CCCC(NCCc1ccccc1)CCCCC2. The minimum absolute atomic E-state index is 0.134. The second kappa shape index (κ2) is 13.2. The highest BCUT2D eigenvalue weighted by Crippen LogP contribution is 2.31. The number of methoxy groups -OCH3 is 2. The standard InChI is InChI=1S/C28H39NO4/c1-21-11-10-16-24(29-18-17-22-12-6-4-7-13-22)15-9-5-8-14-23-19-25(31-2)20-26(32-3)27(23)28(30)33-21/h4,6-7,12-13,19-21,24,29H,5,8-11,14-18H2,1-3H3. The maximum atomic E-state index is 13.1. The molecule has 2 atom stereocenters. The van der Waals surface area contributed by atoms with Crippen LogP contribution in [0.15, 0.2) is 42.5 Å². The van der Waals surface area contributed by atoms with Crippen LogP contribution in [0, 0.1) is 0 Å². The van der Waals surface area contributed by atoms with E-state index >= 15 is 0 Å². The summed E-state index contributed by atoms with van der Waals surface area (Å²) < 4.78 is 16.8. The topological polar surface area (TPSA) is 56.8 Å². The van der Waals surface area contributed by atoms with Crippen LogP contribution < -0.4 is 14.8 Å². The first-order chi connectivity index (χ1) is 16.1. The van der Waals surface area contributed by atoms with Gasteiger partial charge in [0.15, 0.2) is 0 Å². The van der Waals surface area contributed by atoms with E-state index < -0.39 is 0 Å². The molecule has 0 bridgehead atoms. The van der Waals surface area contributed by atoms with Crippen molar-refractivity contribution in [2.45, 2.75) is 76.9 Å². The van der Waals surface area contributed by atoms with Gasteiger partial charge in [-0.2, -0.15) is 0 Å². The van der Waals surface area contributed by atoms with Gasteiger partial charge in [0, 0.05) is 12.1 Å². The Labute approximate surface area is 198 Å². The number of nitrogens with one attached hydrogen (secondary N) is 1. The van der Waals surface area contributed by atoms with E-state index in [4.69, 9.17) is 14.2 Å². The van der Waals surface area contributed by atoms with Gasteiger partial charge in [-0.3, -0.25) is 0 Å². The summed E-state index contributed by atoms with van der Waals surface area (Å²) in [5.74, 6) is 0.929. The van der Waals surface area contributed by atoms with E-state index in [0.29, 0.717) is 23.1 Å². The Hall–Kier alpha value is -2.53. The van der Waals surface area contributed by atoms with Crippen LogP contribution >= 0.6 is 0 Å². The van der Waals surface area contributed by atoms with E-state index in [1.165, 1.54) is 18.4 Å². The van der Waals surface area contributed by atoms with Gasteiger partial charge in [-0.25, -0.2) is 4.79 Å². The molecule has 1 aliphatic heterocycles. The number of fused-ring (bicyclic) bond motifs is 1. The molecule has 0 aromatic heterocycles.